The number of rotatable bonds is 5. The van der Waals surface area contributed by atoms with Crippen molar-refractivity contribution in [1.29, 1.82) is 0 Å². The molecule has 0 spiro atoms. The van der Waals surface area contributed by atoms with Crippen molar-refractivity contribution in [2.24, 2.45) is 0 Å². The number of esters is 1. The largest absolute Gasteiger partial charge is 0.502 e. The summed E-state index contributed by atoms with van der Waals surface area (Å²) in [5.41, 5.74) is 0.702. The van der Waals surface area contributed by atoms with Crippen LogP contribution in [-0.4, -0.2) is 42.9 Å². The maximum Gasteiger partial charge on any atom is 0.502 e. The molecule has 1 heterocycles. The molecule has 0 unspecified atom stereocenters. The molecule has 1 N–H and O–H groups in total. The molecule has 1 aromatic carbocycles. The van der Waals surface area contributed by atoms with Crippen LogP contribution in [-0.2, 0) is 9.53 Å². The maximum atomic E-state index is 13.8. The third-order valence-electron chi connectivity index (χ3n) is 5.26. The van der Waals surface area contributed by atoms with Crippen molar-refractivity contribution in [1.82, 2.24) is 5.32 Å². The number of carbonyl (C=O) groups is 1. The lowest BCUT2D eigenvalue weighted by molar-refractivity contribution is -0.216. The number of ether oxygens (including phenoxy) is 2. The molecule has 1 saturated carbocycles. The zero-order valence-corrected chi connectivity index (χ0v) is 17.2. The van der Waals surface area contributed by atoms with Crippen LogP contribution in [0.2, 0.25) is 5.02 Å². The Bertz CT molecular complexity index is 729. The van der Waals surface area contributed by atoms with Crippen molar-refractivity contribution < 1.29 is 23.0 Å². The first-order valence-electron chi connectivity index (χ1n) is 9.71. The van der Waals surface area contributed by atoms with Crippen LogP contribution >= 0.6 is 11.6 Å². The third kappa shape index (κ3) is 4.51. The maximum absolute atomic E-state index is 13.8. The third-order valence-corrected chi connectivity index (χ3v) is 5.56. The lowest BCUT2D eigenvalue weighted by Crippen LogP contribution is -2.67. The van der Waals surface area contributed by atoms with Crippen LogP contribution in [0.1, 0.15) is 46.5 Å². The van der Waals surface area contributed by atoms with Gasteiger partial charge < -0.3 is 19.7 Å². The van der Waals surface area contributed by atoms with E-state index in [-0.39, 0.29) is 17.9 Å². The number of carbonyl (C=O) groups excluding carboxylic acids is 1. The van der Waals surface area contributed by atoms with Crippen molar-refractivity contribution >= 4 is 23.3 Å². The van der Waals surface area contributed by atoms with Gasteiger partial charge in [-0.25, -0.2) is 4.79 Å². The molecular formula is C20H27ClF2N2O3. The number of hydrogen-bond donors (Lipinski definition) is 1. The van der Waals surface area contributed by atoms with E-state index in [2.05, 4.69) is 33.5 Å². The molecule has 0 amide bonds. The fourth-order valence-electron chi connectivity index (χ4n) is 4.20. The summed E-state index contributed by atoms with van der Waals surface area (Å²) < 4.78 is 36.6. The highest BCUT2D eigenvalue weighted by Gasteiger charge is 2.45. The van der Waals surface area contributed by atoms with Gasteiger partial charge in [0.2, 0.25) is 0 Å². The van der Waals surface area contributed by atoms with Crippen LogP contribution in [0, 0.1) is 0 Å². The van der Waals surface area contributed by atoms with E-state index in [9.17, 15) is 13.6 Å². The minimum Gasteiger partial charge on any atom is -0.459 e. The van der Waals surface area contributed by atoms with Crippen molar-refractivity contribution in [3.05, 3.63) is 23.2 Å². The lowest BCUT2D eigenvalue weighted by atomic mass is 9.83. The Kier molecular flexibility index (Phi) is 6.05. The second-order valence-corrected chi connectivity index (χ2v) is 8.47. The summed E-state index contributed by atoms with van der Waals surface area (Å²) >= 11 is 6.45. The van der Waals surface area contributed by atoms with Gasteiger partial charge in [0, 0.05) is 30.2 Å². The first kappa shape index (κ1) is 21.1. The van der Waals surface area contributed by atoms with Crippen molar-refractivity contribution in [2.45, 2.75) is 70.2 Å². The summed E-state index contributed by atoms with van der Waals surface area (Å²) in [6.07, 6.45) is 0.455. The Labute approximate surface area is 169 Å². The zero-order chi connectivity index (χ0) is 20.5. The Morgan fingerprint density at radius 2 is 2.07 bits per heavy atom. The second-order valence-electron chi connectivity index (χ2n) is 8.07. The van der Waals surface area contributed by atoms with E-state index in [0.717, 1.165) is 31.5 Å². The molecule has 1 aromatic rings. The van der Waals surface area contributed by atoms with E-state index in [1.54, 1.807) is 6.07 Å². The van der Waals surface area contributed by atoms with Gasteiger partial charge in [0.05, 0.1) is 17.3 Å². The summed E-state index contributed by atoms with van der Waals surface area (Å²) in [5, 5.41) is 4.04. The van der Waals surface area contributed by atoms with Crippen LogP contribution in [0.25, 0.3) is 0 Å². The molecule has 1 aliphatic heterocycles. The SMILES string of the molecule is CCOC(=O)C(F)(F)Oc1ccc(N2CC(C)(C)N[C@@H]3CCCC[C@@H]32)c(Cl)c1. The van der Waals surface area contributed by atoms with Crippen LogP contribution in [0.5, 0.6) is 5.75 Å². The summed E-state index contributed by atoms with van der Waals surface area (Å²) in [5.74, 6) is -1.90. The molecule has 8 heteroatoms. The quantitative estimate of drug-likeness (QED) is 0.722. The van der Waals surface area contributed by atoms with Gasteiger partial charge in [0.1, 0.15) is 5.75 Å². The van der Waals surface area contributed by atoms with Gasteiger partial charge in [-0.2, -0.15) is 8.78 Å². The number of nitrogens with zero attached hydrogens (tertiary/aromatic N) is 1. The highest BCUT2D eigenvalue weighted by molar-refractivity contribution is 6.33. The van der Waals surface area contributed by atoms with Gasteiger partial charge in [-0.1, -0.05) is 24.4 Å². The number of alkyl halides is 2. The van der Waals surface area contributed by atoms with Gasteiger partial charge in [0.25, 0.3) is 0 Å². The Balaban J connectivity index is 1.82. The first-order valence-corrected chi connectivity index (χ1v) is 10.1. The molecule has 0 radical (unpaired) electrons. The normalized spacial score (nSPS) is 24.4. The van der Waals surface area contributed by atoms with Crippen molar-refractivity contribution in [3.63, 3.8) is 0 Å². The number of anilines is 1. The molecule has 5 nitrogen and oxygen atoms in total. The fraction of sp³-hybridized carbons (Fsp3) is 0.650. The van der Waals surface area contributed by atoms with Gasteiger partial charge in [-0.05, 0) is 45.7 Å². The monoisotopic (exact) mass is 416 g/mol. The molecule has 1 saturated heterocycles. The van der Waals surface area contributed by atoms with E-state index in [1.807, 2.05) is 0 Å². The minimum atomic E-state index is -4.06. The van der Waals surface area contributed by atoms with Gasteiger partial charge in [0.15, 0.2) is 0 Å². The topological polar surface area (TPSA) is 50.8 Å². The Hall–Kier alpha value is -1.60. The van der Waals surface area contributed by atoms with Crippen LogP contribution in [0.4, 0.5) is 14.5 Å². The predicted octanol–water partition coefficient (Wildman–Crippen LogP) is 4.37. The number of fused-ring (bicyclic) bond motifs is 1. The van der Waals surface area contributed by atoms with E-state index in [1.165, 1.54) is 25.5 Å². The number of halogens is 3. The van der Waals surface area contributed by atoms with E-state index in [4.69, 9.17) is 11.6 Å². The summed E-state index contributed by atoms with van der Waals surface area (Å²) in [7, 11) is 0. The first-order chi connectivity index (χ1) is 13.1. The van der Waals surface area contributed by atoms with Crippen LogP contribution in [0.15, 0.2) is 18.2 Å². The Morgan fingerprint density at radius 3 is 2.75 bits per heavy atom. The average molecular weight is 417 g/mol. The number of benzene rings is 1. The van der Waals surface area contributed by atoms with Crippen LogP contribution < -0.4 is 15.0 Å². The summed E-state index contributed by atoms with van der Waals surface area (Å²) in [4.78, 5) is 13.6. The molecule has 3 rings (SSSR count). The molecule has 1 aliphatic carbocycles. The van der Waals surface area contributed by atoms with E-state index < -0.39 is 12.1 Å². The standard InChI is InChI=1S/C20H27ClF2N2O3/c1-4-27-18(26)20(22,23)28-13-9-10-16(14(21)11-13)25-12-19(2,3)24-15-7-5-6-8-17(15)25/h9-11,15,17,24H,4-8,12H2,1-3H3/t15-,17+/m1/s1. The highest BCUT2D eigenvalue weighted by atomic mass is 35.5. The van der Waals surface area contributed by atoms with Crippen molar-refractivity contribution in [3.8, 4) is 5.75 Å². The fourth-order valence-corrected chi connectivity index (χ4v) is 4.48. The Morgan fingerprint density at radius 1 is 1.36 bits per heavy atom. The van der Waals surface area contributed by atoms with E-state index in [0.29, 0.717) is 17.1 Å². The molecular weight excluding hydrogens is 390 g/mol. The number of piperazine rings is 1. The number of nitrogens with one attached hydrogen (secondary N) is 1. The summed E-state index contributed by atoms with van der Waals surface area (Å²) in [6.45, 7) is 6.35. The smallest absolute Gasteiger partial charge is 0.459 e. The molecule has 28 heavy (non-hydrogen) atoms. The lowest BCUT2D eigenvalue weighted by Gasteiger charge is -2.52. The molecule has 2 atom stereocenters. The molecule has 2 aliphatic rings. The molecule has 2 fully saturated rings. The number of hydrogen-bond acceptors (Lipinski definition) is 5. The highest BCUT2D eigenvalue weighted by Crippen LogP contribution is 2.39. The van der Waals surface area contributed by atoms with Crippen molar-refractivity contribution in [2.75, 3.05) is 18.1 Å². The second kappa shape index (κ2) is 8.03. The van der Waals surface area contributed by atoms with E-state index >= 15 is 0 Å². The predicted molar refractivity (Wildman–Crippen MR) is 104 cm³/mol. The van der Waals surface area contributed by atoms with Crippen LogP contribution in [0.3, 0.4) is 0 Å². The zero-order valence-electron chi connectivity index (χ0n) is 16.4. The van der Waals surface area contributed by atoms with Gasteiger partial charge in [-0.3, -0.25) is 0 Å². The average Bonchev–Trinajstić information content (AvgIpc) is 2.60. The molecule has 0 bridgehead atoms. The van der Waals surface area contributed by atoms with Gasteiger partial charge >= 0.3 is 12.1 Å². The summed E-state index contributed by atoms with van der Waals surface area (Å²) in [6, 6.07) is 5.12. The minimum absolute atomic E-state index is 0.0893. The molecule has 156 valence electrons. The van der Waals surface area contributed by atoms with Gasteiger partial charge in [-0.15, -0.1) is 0 Å². The molecule has 0 aromatic heterocycles.